The van der Waals surface area contributed by atoms with Gasteiger partial charge in [-0.2, -0.15) is 5.26 Å². The van der Waals surface area contributed by atoms with Crippen molar-refractivity contribution in [2.24, 2.45) is 11.8 Å². The third kappa shape index (κ3) is 14.3. The summed E-state index contributed by atoms with van der Waals surface area (Å²) >= 11 is 0.931. The molecule has 0 bridgehead atoms. The quantitative estimate of drug-likeness (QED) is 0.163. The highest BCUT2D eigenvalue weighted by Gasteiger charge is 2.28. The van der Waals surface area contributed by atoms with Gasteiger partial charge in [0, 0.05) is 18.0 Å². The van der Waals surface area contributed by atoms with Crippen molar-refractivity contribution >= 4 is 23.6 Å². The van der Waals surface area contributed by atoms with Crippen LogP contribution in [0, 0.1) is 34.3 Å². The third-order valence-corrected chi connectivity index (χ3v) is 5.26. The Labute approximate surface area is 213 Å². The maximum atomic E-state index is 12.3. The fourth-order valence-corrected chi connectivity index (χ4v) is 3.10. The largest absolute Gasteiger partial charge is 0.490 e. The topological polar surface area (TPSA) is 110 Å². The number of nitrogens with one attached hydrogen (secondary N) is 2. The Morgan fingerprint density at radius 3 is 2.63 bits per heavy atom. The van der Waals surface area contributed by atoms with E-state index in [4.69, 9.17) is 14.2 Å². The summed E-state index contributed by atoms with van der Waals surface area (Å²) in [6, 6.07) is 6.88. The van der Waals surface area contributed by atoms with Crippen LogP contribution in [0.2, 0.25) is 0 Å². The van der Waals surface area contributed by atoms with Gasteiger partial charge in [-0.15, -0.1) is 0 Å². The molecule has 0 aliphatic heterocycles. The molecule has 0 aliphatic carbocycles. The zero-order valence-electron chi connectivity index (χ0n) is 21.3. The van der Waals surface area contributed by atoms with Gasteiger partial charge in [0.1, 0.15) is 24.4 Å². The van der Waals surface area contributed by atoms with Gasteiger partial charge in [0.05, 0.1) is 19.8 Å². The standard InChI is InChI=1S/C26H37N3O5S/c1-20(2)8-7-12-28-24(30)17-32-14-15-34-26(5,35-19-27)18-33-23-10-6-9-22(16-23)25(31)29-13-11-21(3)4/h6,9-10,16,20-21H,11-15,17-18H2,1-5H3,(H,28,30)(H,29,31). The smallest absolute Gasteiger partial charge is 0.251 e. The van der Waals surface area contributed by atoms with E-state index in [2.05, 4.69) is 36.3 Å². The van der Waals surface area contributed by atoms with Gasteiger partial charge in [0.2, 0.25) is 5.91 Å². The number of thiocyanates is 1. The first-order valence-corrected chi connectivity index (χ1v) is 12.5. The molecule has 0 heterocycles. The Bertz CT molecular complexity index is 904. The number of benzene rings is 1. The molecule has 0 saturated heterocycles. The van der Waals surface area contributed by atoms with Crippen LogP contribution in [0.4, 0.5) is 0 Å². The van der Waals surface area contributed by atoms with Gasteiger partial charge in [0.25, 0.3) is 5.91 Å². The van der Waals surface area contributed by atoms with Crippen LogP contribution in [0.15, 0.2) is 24.3 Å². The molecule has 0 spiro atoms. The Kier molecular flexibility index (Phi) is 14.6. The van der Waals surface area contributed by atoms with E-state index in [-0.39, 0.29) is 50.7 Å². The number of carbonyl (C=O) groups excluding carboxylic acids is 2. The first kappa shape index (κ1) is 30.3. The van der Waals surface area contributed by atoms with E-state index in [1.165, 1.54) is 0 Å². The molecule has 0 radical (unpaired) electrons. The molecule has 2 N–H and O–H groups in total. The highest BCUT2D eigenvalue weighted by Crippen LogP contribution is 2.27. The number of ether oxygens (including phenoxy) is 3. The van der Waals surface area contributed by atoms with Crippen molar-refractivity contribution in [3.8, 4) is 23.0 Å². The molecule has 1 unspecified atom stereocenters. The lowest BCUT2D eigenvalue weighted by Crippen LogP contribution is -2.34. The summed E-state index contributed by atoms with van der Waals surface area (Å²) in [6.45, 7) is 11.1. The van der Waals surface area contributed by atoms with Crippen molar-refractivity contribution in [1.29, 1.82) is 5.26 Å². The molecule has 2 amide bonds. The molecule has 192 valence electrons. The summed E-state index contributed by atoms with van der Waals surface area (Å²) in [5.74, 6) is 6.69. The second kappa shape index (κ2) is 16.8. The summed E-state index contributed by atoms with van der Waals surface area (Å²) in [7, 11) is 0. The Hall–Kier alpha value is -2.72. The van der Waals surface area contributed by atoms with E-state index in [1.54, 1.807) is 31.2 Å². The molecule has 9 heteroatoms. The SMILES string of the molecule is CC(C)C#CCNC(=O)COCCOC(C)(COc1cccc(C(=O)NCCC(C)C)c1)SC#N. The summed E-state index contributed by atoms with van der Waals surface area (Å²) in [4.78, 5) is 23.1. The predicted molar refractivity (Wildman–Crippen MR) is 138 cm³/mol. The molecule has 1 atom stereocenters. The van der Waals surface area contributed by atoms with Gasteiger partial charge in [-0.05, 0) is 49.2 Å². The average Bonchev–Trinajstić information content (AvgIpc) is 2.80. The van der Waals surface area contributed by atoms with Crippen molar-refractivity contribution in [1.82, 2.24) is 10.6 Å². The minimum Gasteiger partial charge on any atom is -0.490 e. The molecule has 1 rings (SSSR count). The van der Waals surface area contributed by atoms with Gasteiger partial charge in [-0.25, -0.2) is 0 Å². The molecule has 0 fully saturated rings. The van der Waals surface area contributed by atoms with E-state index in [1.807, 2.05) is 19.2 Å². The number of nitrogens with zero attached hydrogens (tertiary/aromatic N) is 1. The number of nitriles is 1. The van der Waals surface area contributed by atoms with Gasteiger partial charge in [0.15, 0.2) is 4.93 Å². The van der Waals surface area contributed by atoms with E-state index in [0.717, 1.165) is 18.2 Å². The van der Waals surface area contributed by atoms with Crippen LogP contribution >= 0.6 is 11.8 Å². The summed E-state index contributed by atoms with van der Waals surface area (Å²) in [5.41, 5.74) is 0.503. The van der Waals surface area contributed by atoms with Crippen molar-refractivity contribution < 1.29 is 23.8 Å². The molecular weight excluding hydrogens is 466 g/mol. The van der Waals surface area contributed by atoms with Crippen LogP contribution in [0.5, 0.6) is 5.75 Å². The molecule has 0 aromatic heterocycles. The van der Waals surface area contributed by atoms with Crippen molar-refractivity contribution in [3.63, 3.8) is 0 Å². The van der Waals surface area contributed by atoms with Crippen LogP contribution in [0.25, 0.3) is 0 Å². The lowest BCUT2D eigenvalue weighted by Gasteiger charge is -2.26. The van der Waals surface area contributed by atoms with Gasteiger partial charge in [-0.3, -0.25) is 9.59 Å². The van der Waals surface area contributed by atoms with Crippen LogP contribution in [-0.4, -0.2) is 56.3 Å². The first-order chi connectivity index (χ1) is 16.6. The van der Waals surface area contributed by atoms with Gasteiger partial charge < -0.3 is 24.8 Å². The van der Waals surface area contributed by atoms with Crippen LogP contribution in [0.3, 0.4) is 0 Å². The van der Waals surface area contributed by atoms with Crippen molar-refractivity contribution in [2.75, 3.05) is 39.5 Å². The minimum absolute atomic E-state index is 0.0820. The lowest BCUT2D eigenvalue weighted by atomic mass is 10.1. The molecule has 35 heavy (non-hydrogen) atoms. The zero-order valence-corrected chi connectivity index (χ0v) is 22.1. The molecule has 1 aromatic rings. The summed E-state index contributed by atoms with van der Waals surface area (Å²) in [5, 5.41) is 16.8. The lowest BCUT2D eigenvalue weighted by molar-refractivity contribution is -0.126. The number of hydrogen-bond donors (Lipinski definition) is 2. The molecule has 0 aliphatic rings. The fourth-order valence-electron chi connectivity index (χ4n) is 2.65. The van der Waals surface area contributed by atoms with Gasteiger partial charge >= 0.3 is 0 Å². The maximum Gasteiger partial charge on any atom is 0.251 e. The summed E-state index contributed by atoms with van der Waals surface area (Å²) in [6.07, 6.45) is 0.907. The zero-order chi connectivity index (χ0) is 26.1. The Morgan fingerprint density at radius 1 is 1.17 bits per heavy atom. The van der Waals surface area contributed by atoms with Crippen molar-refractivity contribution in [2.45, 2.75) is 46.0 Å². The van der Waals surface area contributed by atoms with Crippen molar-refractivity contribution in [3.05, 3.63) is 29.8 Å². The molecule has 8 nitrogen and oxygen atoms in total. The second-order valence-corrected chi connectivity index (χ2v) is 9.99. The molecular formula is C26H37N3O5S. The normalized spacial score (nSPS) is 12.3. The highest BCUT2D eigenvalue weighted by molar-refractivity contribution is 8.04. The highest BCUT2D eigenvalue weighted by atomic mass is 32.2. The van der Waals surface area contributed by atoms with Crippen LogP contribution in [0.1, 0.15) is 51.4 Å². The molecule has 0 saturated carbocycles. The summed E-state index contributed by atoms with van der Waals surface area (Å²) < 4.78 is 17.0. The second-order valence-electron chi connectivity index (χ2n) is 8.74. The fraction of sp³-hybridized carbons (Fsp3) is 0.577. The monoisotopic (exact) mass is 503 g/mol. The van der Waals surface area contributed by atoms with E-state index in [9.17, 15) is 14.9 Å². The van der Waals surface area contributed by atoms with E-state index >= 15 is 0 Å². The number of thioether (sulfide) groups is 1. The van der Waals surface area contributed by atoms with E-state index < -0.39 is 4.93 Å². The third-order valence-electron chi connectivity index (χ3n) is 4.50. The van der Waals surface area contributed by atoms with Gasteiger partial charge in [-0.1, -0.05) is 45.6 Å². The number of hydrogen-bond acceptors (Lipinski definition) is 7. The Morgan fingerprint density at radius 2 is 1.94 bits per heavy atom. The van der Waals surface area contributed by atoms with Crippen LogP contribution in [-0.2, 0) is 14.3 Å². The number of carbonyl (C=O) groups is 2. The van der Waals surface area contributed by atoms with E-state index in [0.29, 0.717) is 23.8 Å². The predicted octanol–water partition coefficient (Wildman–Crippen LogP) is 3.58. The van der Waals surface area contributed by atoms with Crippen LogP contribution < -0.4 is 15.4 Å². The molecule has 1 aromatic carbocycles. The Balaban J connectivity index is 2.45. The minimum atomic E-state index is -0.956. The number of amides is 2. The average molecular weight is 504 g/mol. The maximum absolute atomic E-state index is 12.3. The number of rotatable bonds is 15. The first-order valence-electron chi connectivity index (χ1n) is 11.7.